The zero-order valence-corrected chi connectivity index (χ0v) is 18.2. The zero-order chi connectivity index (χ0) is 22.9. The van der Waals surface area contributed by atoms with E-state index in [0.717, 1.165) is 5.56 Å². The monoisotopic (exact) mass is 448 g/mol. The van der Waals surface area contributed by atoms with Crippen molar-refractivity contribution >= 4 is 29.1 Å². The zero-order valence-electron chi connectivity index (χ0n) is 17.5. The second-order valence-corrected chi connectivity index (χ2v) is 6.60. The minimum Gasteiger partial charge on any atom is -0.444 e. The van der Waals surface area contributed by atoms with E-state index in [4.69, 9.17) is 22.1 Å². The van der Waals surface area contributed by atoms with Crippen molar-refractivity contribution in [2.45, 2.75) is 12.5 Å². The van der Waals surface area contributed by atoms with Gasteiger partial charge in [-0.1, -0.05) is 60.7 Å². The van der Waals surface area contributed by atoms with Gasteiger partial charge in [0.05, 0.1) is 17.6 Å². The summed E-state index contributed by atoms with van der Waals surface area (Å²) in [6, 6.07) is 26.6. The fraction of sp³-hybridized carbons (Fsp3) is 0.0800. The normalized spacial score (nSPS) is 9.28. The van der Waals surface area contributed by atoms with Crippen LogP contribution in [0.15, 0.2) is 110 Å². The Morgan fingerprint density at radius 3 is 1.84 bits per heavy atom. The molecule has 0 aliphatic rings. The summed E-state index contributed by atoms with van der Waals surface area (Å²) in [6.45, 7) is 0.257. The summed E-state index contributed by atoms with van der Waals surface area (Å²) in [4.78, 5) is 19.1. The van der Waals surface area contributed by atoms with Crippen LogP contribution in [0.2, 0.25) is 0 Å². The van der Waals surface area contributed by atoms with Gasteiger partial charge in [0, 0.05) is 24.5 Å². The number of carbonyl (C=O) groups excluding carboxylic acids is 1. The summed E-state index contributed by atoms with van der Waals surface area (Å²) in [7, 11) is 0. The molecule has 0 saturated carbocycles. The van der Waals surface area contributed by atoms with E-state index in [1.165, 1.54) is 5.56 Å². The van der Waals surface area contributed by atoms with E-state index in [-0.39, 0.29) is 6.61 Å². The summed E-state index contributed by atoms with van der Waals surface area (Å²) in [5.41, 5.74) is 8.75. The third-order valence-corrected chi connectivity index (χ3v) is 4.11. The van der Waals surface area contributed by atoms with E-state index < -0.39 is 6.09 Å². The number of alkyl halides is 1. The summed E-state index contributed by atoms with van der Waals surface area (Å²) in [5, 5.41) is 2.59. The molecule has 7 heteroatoms. The second-order valence-electron chi connectivity index (χ2n) is 6.33. The molecule has 6 nitrogen and oxygen atoms in total. The summed E-state index contributed by atoms with van der Waals surface area (Å²) >= 11 is 5.53. The number of ether oxygens (including phenoxy) is 1. The van der Waals surface area contributed by atoms with Crippen LogP contribution >= 0.6 is 11.6 Å². The van der Waals surface area contributed by atoms with Crippen molar-refractivity contribution in [2.75, 3.05) is 11.1 Å². The molecule has 0 spiro atoms. The maximum absolute atomic E-state index is 11.4. The van der Waals surface area contributed by atoms with Gasteiger partial charge >= 0.3 is 6.09 Å². The summed E-state index contributed by atoms with van der Waals surface area (Å²) in [6.07, 6.45) is 6.02. The molecular weight excluding hydrogens is 424 g/mol. The predicted octanol–water partition coefficient (Wildman–Crippen LogP) is 5.92. The minimum atomic E-state index is -0.484. The highest BCUT2D eigenvalue weighted by Gasteiger charge is 2.02. The van der Waals surface area contributed by atoms with Crippen molar-refractivity contribution in [1.82, 2.24) is 9.97 Å². The Morgan fingerprint density at radius 1 is 0.812 bits per heavy atom. The molecule has 2 heterocycles. The molecule has 32 heavy (non-hydrogen) atoms. The number of anilines is 2. The third-order valence-electron chi connectivity index (χ3n) is 3.80. The lowest BCUT2D eigenvalue weighted by molar-refractivity contribution is 0.155. The maximum Gasteiger partial charge on any atom is 0.412 e. The molecule has 0 saturated heterocycles. The van der Waals surface area contributed by atoms with E-state index in [0.29, 0.717) is 17.3 Å². The van der Waals surface area contributed by atoms with Gasteiger partial charge in [-0.25, -0.2) is 4.79 Å². The lowest BCUT2D eigenvalue weighted by Crippen LogP contribution is -2.13. The molecule has 0 unspecified atom stereocenters. The average Bonchev–Trinajstić information content (AvgIpc) is 2.86. The van der Waals surface area contributed by atoms with Crippen LogP contribution in [0.25, 0.3) is 0 Å². The highest BCUT2D eigenvalue weighted by molar-refractivity contribution is 6.17. The summed E-state index contributed by atoms with van der Waals surface area (Å²) < 4.78 is 5.05. The predicted molar refractivity (Wildman–Crippen MR) is 129 cm³/mol. The van der Waals surface area contributed by atoms with E-state index in [9.17, 15) is 4.79 Å². The smallest absolute Gasteiger partial charge is 0.412 e. The Labute approximate surface area is 193 Å². The molecule has 2 aromatic heterocycles. The van der Waals surface area contributed by atoms with Crippen LogP contribution in [0.3, 0.4) is 0 Å². The van der Waals surface area contributed by atoms with Gasteiger partial charge in [-0.15, -0.1) is 11.6 Å². The highest BCUT2D eigenvalue weighted by atomic mass is 35.5. The van der Waals surface area contributed by atoms with Crippen molar-refractivity contribution < 1.29 is 9.53 Å². The molecule has 2 aromatic carbocycles. The second kappa shape index (κ2) is 15.0. The Balaban J connectivity index is 0.000000199. The number of nitrogens with zero attached hydrogens (tertiary/aromatic N) is 2. The lowest BCUT2D eigenvalue weighted by Gasteiger charge is -2.06. The molecule has 0 bridgehead atoms. The van der Waals surface area contributed by atoms with Crippen molar-refractivity contribution in [1.29, 1.82) is 0 Å². The first-order valence-corrected chi connectivity index (χ1v) is 10.3. The van der Waals surface area contributed by atoms with Crippen molar-refractivity contribution in [3.8, 4) is 0 Å². The standard InChI is InChI=1S/C13H12N2O2.C7H7Cl.C5H6N2/c16-13(15-12-7-4-8-14-9-12)17-10-11-5-2-1-3-6-11;8-6-7-4-2-1-3-5-7;6-5-2-1-3-7-4-5/h1-9H,10H2,(H,15,16);1-5H,6H2;1-4H,6H2. The van der Waals surface area contributed by atoms with Crippen molar-refractivity contribution in [3.05, 3.63) is 121 Å². The molecule has 0 aliphatic carbocycles. The van der Waals surface area contributed by atoms with Gasteiger partial charge in [-0.2, -0.15) is 0 Å². The molecule has 164 valence electrons. The van der Waals surface area contributed by atoms with Crippen LogP contribution in [-0.4, -0.2) is 16.1 Å². The Hall–Kier alpha value is -3.90. The number of nitrogen functional groups attached to an aromatic ring is 1. The van der Waals surface area contributed by atoms with Crippen LogP contribution < -0.4 is 11.1 Å². The molecule has 0 fully saturated rings. The van der Waals surface area contributed by atoms with Gasteiger partial charge in [0.1, 0.15) is 6.61 Å². The van der Waals surface area contributed by atoms with Crippen LogP contribution in [0.4, 0.5) is 16.2 Å². The van der Waals surface area contributed by atoms with E-state index in [2.05, 4.69) is 15.3 Å². The fourth-order valence-corrected chi connectivity index (χ4v) is 2.43. The number of pyridine rings is 2. The molecule has 0 radical (unpaired) electrons. The number of carbonyl (C=O) groups is 1. The Kier molecular flexibility index (Phi) is 11.4. The number of hydrogen-bond acceptors (Lipinski definition) is 5. The van der Waals surface area contributed by atoms with Crippen LogP contribution in [0.5, 0.6) is 0 Å². The first-order chi connectivity index (χ1) is 15.7. The molecule has 4 rings (SSSR count). The van der Waals surface area contributed by atoms with Crippen molar-refractivity contribution in [2.24, 2.45) is 0 Å². The number of nitrogens with one attached hydrogen (secondary N) is 1. The van der Waals surface area contributed by atoms with Crippen LogP contribution in [0, 0.1) is 0 Å². The number of amides is 1. The highest BCUT2D eigenvalue weighted by Crippen LogP contribution is 2.05. The van der Waals surface area contributed by atoms with Gasteiger partial charge in [0.2, 0.25) is 0 Å². The topological polar surface area (TPSA) is 90.1 Å². The van der Waals surface area contributed by atoms with Gasteiger partial charge in [-0.05, 0) is 35.4 Å². The lowest BCUT2D eigenvalue weighted by atomic mass is 10.2. The number of nitrogens with two attached hydrogens (primary N) is 1. The van der Waals surface area contributed by atoms with Crippen LogP contribution in [-0.2, 0) is 17.2 Å². The van der Waals surface area contributed by atoms with Gasteiger partial charge in [0.25, 0.3) is 0 Å². The van der Waals surface area contributed by atoms with E-state index >= 15 is 0 Å². The van der Waals surface area contributed by atoms with E-state index in [1.807, 2.05) is 60.7 Å². The number of hydrogen-bond donors (Lipinski definition) is 2. The minimum absolute atomic E-state index is 0.257. The number of aromatic nitrogens is 2. The molecule has 0 atom stereocenters. The largest absolute Gasteiger partial charge is 0.444 e. The molecule has 0 aliphatic heterocycles. The number of benzene rings is 2. The molecule has 4 aromatic rings. The Morgan fingerprint density at radius 2 is 1.41 bits per heavy atom. The molecule has 1 amide bonds. The SMILES string of the molecule is ClCc1ccccc1.Nc1cccnc1.O=C(Nc1cccnc1)OCc1ccccc1. The van der Waals surface area contributed by atoms with Crippen LogP contribution in [0.1, 0.15) is 11.1 Å². The van der Waals surface area contributed by atoms with Crippen molar-refractivity contribution in [3.63, 3.8) is 0 Å². The van der Waals surface area contributed by atoms with Gasteiger partial charge in [0.15, 0.2) is 0 Å². The third kappa shape index (κ3) is 10.8. The van der Waals surface area contributed by atoms with E-state index in [1.54, 1.807) is 49.1 Å². The van der Waals surface area contributed by atoms with Gasteiger partial charge < -0.3 is 10.5 Å². The quantitative estimate of drug-likeness (QED) is 0.378. The maximum atomic E-state index is 11.4. The fourth-order valence-electron chi connectivity index (χ4n) is 2.26. The molecular formula is C25H25ClN4O2. The first kappa shape index (κ1) is 24.4. The number of halogens is 1. The van der Waals surface area contributed by atoms with Gasteiger partial charge in [-0.3, -0.25) is 15.3 Å². The first-order valence-electron chi connectivity index (χ1n) is 9.80. The number of rotatable bonds is 4. The average molecular weight is 449 g/mol. The Bertz CT molecular complexity index is 1010. The molecule has 3 N–H and O–H groups in total. The summed E-state index contributed by atoms with van der Waals surface area (Å²) in [5.74, 6) is 0.612.